The average Bonchev–Trinajstić information content (AvgIpc) is 2.03. The minimum atomic E-state index is -0.426. The van der Waals surface area contributed by atoms with E-state index < -0.39 is 5.41 Å². The van der Waals surface area contributed by atoms with Crippen molar-refractivity contribution in [3.8, 4) is 0 Å². The molecule has 0 aliphatic rings. The van der Waals surface area contributed by atoms with Crippen molar-refractivity contribution in [1.29, 1.82) is 0 Å². The molecule has 13 heavy (non-hydrogen) atoms. The van der Waals surface area contributed by atoms with E-state index in [9.17, 15) is 4.39 Å². The predicted molar refractivity (Wildman–Crippen MR) is 51.5 cm³/mol. The molecule has 0 atom stereocenters. The highest BCUT2D eigenvalue weighted by molar-refractivity contribution is 6.31. The van der Waals surface area contributed by atoms with Crippen LogP contribution in [-0.2, 0) is 5.41 Å². The number of aliphatic hydroxyl groups is 1. The molecule has 1 nitrogen and oxygen atoms in total. The van der Waals surface area contributed by atoms with Gasteiger partial charge in [-0.25, -0.2) is 4.39 Å². The van der Waals surface area contributed by atoms with Crippen molar-refractivity contribution in [3.63, 3.8) is 0 Å². The smallest absolute Gasteiger partial charge is 0.124 e. The Bertz CT molecular complexity index is 310. The Hall–Kier alpha value is -0.600. The molecule has 1 rings (SSSR count). The molecule has 1 N–H and O–H groups in total. The van der Waals surface area contributed by atoms with Crippen LogP contribution < -0.4 is 0 Å². The maximum Gasteiger partial charge on any atom is 0.124 e. The SMILES string of the molecule is CC(C)(CO)c1ccc(F)cc1Cl. The fourth-order valence-electron chi connectivity index (χ4n) is 1.12. The van der Waals surface area contributed by atoms with Gasteiger partial charge in [-0.3, -0.25) is 0 Å². The lowest BCUT2D eigenvalue weighted by atomic mass is 9.85. The molecule has 0 aliphatic carbocycles. The van der Waals surface area contributed by atoms with Crippen LogP contribution >= 0.6 is 11.6 Å². The number of benzene rings is 1. The molecule has 0 aliphatic heterocycles. The number of hydrogen-bond donors (Lipinski definition) is 1. The lowest BCUT2D eigenvalue weighted by Crippen LogP contribution is -2.22. The molecule has 1 aromatic rings. The molecule has 72 valence electrons. The number of rotatable bonds is 2. The lowest BCUT2D eigenvalue weighted by molar-refractivity contribution is 0.218. The van der Waals surface area contributed by atoms with Crippen LogP contribution in [0.3, 0.4) is 0 Å². The monoisotopic (exact) mass is 202 g/mol. The highest BCUT2D eigenvalue weighted by Gasteiger charge is 2.22. The fourth-order valence-corrected chi connectivity index (χ4v) is 1.55. The van der Waals surface area contributed by atoms with Gasteiger partial charge in [-0.05, 0) is 17.7 Å². The maximum atomic E-state index is 12.7. The third kappa shape index (κ3) is 2.20. The summed E-state index contributed by atoms with van der Waals surface area (Å²) < 4.78 is 12.7. The normalized spacial score (nSPS) is 11.8. The largest absolute Gasteiger partial charge is 0.395 e. The summed E-state index contributed by atoms with van der Waals surface area (Å²) in [7, 11) is 0. The van der Waals surface area contributed by atoms with E-state index in [0.717, 1.165) is 5.56 Å². The Morgan fingerprint density at radius 1 is 1.46 bits per heavy atom. The van der Waals surface area contributed by atoms with Crippen molar-refractivity contribution in [2.24, 2.45) is 0 Å². The van der Waals surface area contributed by atoms with Gasteiger partial charge < -0.3 is 5.11 Å². The third-order valence-corrected chi connectivity index (χ3v) is 2.37. The first-order valence-electron chi connectivity index (χ1n) is 4.04. The van der Waals surface area contributed by atoms with E-state index in [1.165, 1.54) is 12.1 Å². The van der Waals surface area contributed by atoms with Crippen LogP contribution in [0.1, 0.15) is 19.4 Å². The summed E-state index contributed by atoms with van der Waals surface area (Å²) in [6, 6.07) is 4.21. The Morgan fingerprint density at radius 2 is 2.08 bits per heavy atom. The minimum absolute atomic E-state index is 0.0155. The van der Waals surface area contributed by atoms with E-state index in [1.807, 2.05) is 13.8 Å². The summed E-state index contributed by atoms with van der Waals surface area (Å²) in [6.07, 6.45) is 0. The molecule has 0 unspecified atom stereocenters. The van der Waals surface area contributed by atoms with Crippen LogP contribution in [-0.4, -0.2) is 11.7 Å². The van der Waals surface area contributed by atoms with Crippen molar-refractivity contribution in [1.82, 2.24) is 0 Å². The molecule has 0 spiro atoms. The van der Waals surface area contributed by atoms with Crippen molar-refractivity contribution >= 4 is 11.6 Å². The van der Waals surface area contributed by atoms with Crippen LogP contribution in [0.15, 0.2) is 18.2 Å². The molecular weight excluding hydrogens is 191 g/mol. The lowest BCUT2D eigenvalue weighted by Gasteiger charge is -2.23. The van der Waals surface area contributed by atoms with Gasteiger partial charge in [-0.1, -0.05) is 31.5 Å². The summed E-state index contributed by atoms with van der Waals surface area (Å²) in [5.74, 6) is -0.359. The zero-order valence-corrected chi connectivity index (χ0v) is 8.40. The fraction of sp³-hybridized carbons (Fsp3) is 0.400. The zero-order valence-electron chi connectivity index (χ0n) is 7.64. The Morgan fingerprint density at radius 3 is 2.54 bits per heavy atom. The van der Waals surface area contributed by atoms with Gasteiger partial charge in [-0.15, -0.1) is 0 Å². The van der Waals surface area contributed by atoms with Gasteiger partial charge >= 0.3 is 0 Å². The van der Waals surface area contributed by atoms with Crippen molar-refractivity contribution in [3.05, 3.63) is 34.6 Å². The van der Waals surface area contributed by atoms with E-state index in [-0.39, 0.29) is 12.4 Å². The minimum Gasteiger partial charge on any atom is -0.395 e. The predicted octanol–water partition coefficient (Wildman–Crippen LogP) is 2.75. The summed E-state index contributed by atoms with van der Waals surface area (Å²) in [5.41, 5.74) is 0.336. The van der Waals surface area contributed by atoms with Crippen molar-refractivity contribution < 1.29 is 9.50 Å². The van der Waals surface area contributed by atoms with Gasteiger partial charge in [0.2, 0.25) is 0 Å². The maximum absolute atomic E-state index is 12.7. The molecule has 0 aromatic heterocycles. The standard InChI is InChI=1S/C10H12ClFO/c1-10(2,6-13)8-4-3-7(12)5-9(8)11/h3-5,13H,6H2,1-2H3. The molecule has 3 heteroatoms. The van der Waals surface area contributed by atoms with Gasteiger partial charge in [0.15, 0.2) is 0 Å². The van der Waals surface area contributed by atoms with Crippen molar-refractivity contribution in [2.75, 3.05) is 6.61 Å². The number of hydrogen-bond acceptors (Lipinski definition) is 1. The summed E-state index contributed by atoms with van der Waals surface area (Å²) in [5, 5.41) is 9.45. The molecular formula is C10H12ClFO. The van der Waals surface area contributed by atoms with Gasteiger partial charge in [0, 0.05) is 10.4 Å². The summed E-state index contributed by atoms with van der Waals surface area (Å²) in [6.45, 7) is 3.69. The van der Waals surface area contributed by atoms with E-state index in [1.54, 1.807) is 6.07 Å². The molecule has 0 amide bonds. The van der Waals surface area contributed by atoms with Gasteiger partial charge in [0.1, 0.15) is 5.82 Å². The summed E-state index contributed by atoms with van der Waals surface area (Å²) in [4.78, 5) is 0. The van der Waals surface area contributed by atoms with Crippen molar-refractivity contribution in [2.45, 2.75) is 19.3 Å². The van der Waals surface area contributed by atoms with Crippen LogP contribution in [0, 0.1) is 5.82 Å². The Kier molecular flexibility index (Phi) is 2.94. The molecule has 0 saturated heterocycles. The Balaban J connectivity index is 3.16. The molecule has 0 fully saturated rings. The third-order valence-electron chi connectivity index (χ3n) is 2.06. The highest BCUT2D eigenvalue weighted by Crippen LogP contribution is 2.29. The second-order valence-electron chi connectivity index (χ2n) is 3.67. The van der Waals surface area contributed by atoms with E-state index in [2.05, 4.69) is 0 Å². The number of halogens is 2. The topological polar surface area (TPSA) is 20.2 Å². The Labute approximate surface area is 82.2 Å². The first kappa shape index (κ1) is 10.5. The first-order chi connectivity index (χ1) is 5.97. The molecule has 0 radical (unpaired) electrons. The molecule has 1 aromatic carbocycles. The molecule has 0 saturated carbocycles. The van der Waals surface area contributed by atoms with E-state index in [0.29, 0.717) is 5.02 Å². The van der Waals surface area contributed by atoms with Crippen LogP contribution in [0.25, 0.3) is 0 Å². The first-order valence-corrected chi connectivity index (χ1v) is 4.41. The van der Waals surface area contributed by atoms with Crippen LogP contribution in [0.4, 0.5) is 4.39 Å². The number of aliphatic hydroxyl groups excluding tert-OH is 1. The second-order valence-corrected chi connectivity index (χ2v) is 4.07. The van der Waals surface area contributed by atoms with Gasteiger partial charge in [0.05, 0.1) is 6.61 Å². The molecule has 0 heterocycles. The average molecular weight is 203 g/mol. The van der Waals surface area contributed by atoms with Gasteiger partial charge in [-0.2, -0.15) is 0 Å². The molecule has 0 bridgehead atoms. The van der Waals surface area contributed by atoms with E-state index in [4.69, 9.17) is 16.7 Å². The highest BCUT2D eigenvalue weighted by atomic mass is 35.5. The van der Waals surface area contributed by atoms with E-state index >= 15 is 0 Å². The second kappa shape index (κ2) is 3.64. The van der Waals surface area contributed by atoms with Crippen LogP contribution in [0.5, 0.6) is 0 Å². The zero-order chi connectivity index (χ0) is 10.1. The summed E-state index contributed by atoms with van der Waals surface area (Å²) >= 11 is 5.84. The van der Waals surface area contributed by atoms with Crippen LogP contribution in [0.2, 0.25) is 5.02 Å². The quantitative estimate of drug-likeness (QED) is 0.782. The van der Waals surface area contributed by atoms with Gasteiger partial charge in [0.25, 0.3) is 0 Å².